The number of aromatic nitrogens is 1. The molecule has 0 aliphatic rings. The molecule has 0 aliphatic carbocycles. The molecule has 106 valence electrons. The fraction of sp³-hybridized carbons (Fsp3) is 0.267. The summed E-state index contributed by atoms with van der Waals surface area (Å²) in [6, 6.07) is 9.94. The van der Waals surface area contributed by atoms with Gasteiger partial charge in [0, 0.05) is 24.3 Å². The normalized spacial score (nSPS) is 10.6. The van der Waals surface area contributed by atoms with Crippen LogP contribution in [0, 0.1) is 0 Å². The number of nitrogens with zero attached hydrogens (tertiary/aromatic N) is 1. The van der Waals surface area contributed by atoms with Crippen molar-refractivity contribution in [3.63, 3.8) is 0 Å². The summed E-state index contributed by atoms with van der Waals surface area (Å²) >= 11 is 3.36. The molecule has 20 heavy (non-hydrogen) atoms. The first-order valence-electron chi connectivity index (χ1n) is 6.48. The number of hydrogen-bond donors (Lipinski definition) is 2. The van der Waals surface area contributed by atoms with E-state index < -0.39 is 0 Å². The van der Waals surface area contributed by atoms with Crippen LogP contribution in [-0.2, 0) is 20.0 Å². The largest absolute Gasteiger partial charge is 0.347 e. The van der Waals surface area contributed by atoms with E-state index in [2.05, 4.69) is 21.2 Å². The highest BCUT2D eigenvalue weighted by molar-refractivity contribution is 9.10. The van der Waals surface area contributed by atoms with Gasteiger partial charge in [0.25, 0.3) is 5.91 Å². The molecule has 0 aliphatic heterocycles. The van der Waals surface area contributed by atoms with E-state index in [1.54, 1.807) is 10.6 Å². The zero-order valence-corrected chi connectivity index (χ0v) is 13.0. The second kappa shape index (κ2) is 6.72. The summed E-state index contributed by atoms with van der Waals surface area (Å²) in [6.07, 6.45) is 2.74. The predicted octanol–water partition coefficient (Wildman–Crippen LogP) is 2.22. The molecule has 1 heterocycles. The number of hydrogen-bond acceptors (Lipinski definition) is 2. The van der Waals surface area contributed by atoms with E-state index in [0.29, 0.717) is 18.8 Å². The number of benzene rings is 1. The zero-order chi connectivity index (χ0) is 14.5. The Labute approximate surface area is 127 Å². The SMILES string of the molecule is Cn1cc(Br)cc1C(=O)NCc1ccc(CCN)cc1. The lowest BCUT2D eigenvalue weighted by molar-refractivity contribution is 0.0943. The van der Waals surface area contributed by atoms with Crippen molar-refractivity contribution in [1.29, 1.82) is 0 Å². The molecular weight excluding hydrogens is 318 g/mol. The number of amides is 1. The minimum absolute atomic E-state index is 0.0794. The number of carbonyl (C=O) groups excluding carboxylic acids is 1. The van der Waals surface area contributed by atoms with Crippen LogP contribution in [0.5, 0.6) is 0 Å². The van der Waals surface area contributed by atoms with Crippen molar-refractivity contribution in [2.24, 2.45) is 12.8 Å². The Morgan fingerprint density at radius 1 is 1.30 bits per heavy atom. The van der Waals surface area contributed by atoms with Crippen LogP contribution in [0.25, 0.3) is 0 Å². The average Bonchev–Trinajstić information content (AvgIpc) is 2.77. The lowest BCUT2D eigenvalue weighted by Gasteiger charge is -2.07. The van der Waals surface area contributed by atoms with Gasteiger partial charge in [-0.25, -0.2) is 0 Å². The van der Waals surface area contributed by atoms with Gasteiger partial charge in [-0.3, -0.25) is 4.79 Å². The van der Waals surface area contributed by atoms with Crippen LogP contribution in [0.3, 0.4) is 0 Å². The second-order valence-corrected chi connectivity index (χ2v) is 5.61. The van der Waals surface area contributed by atoms with Gasteiger partial charge in [0.2, 0.25) is 0 Å². The quantitative estimate of drug-likeness (QED) is 0.880. The summed E-state index contributed by atoms with van der Waals surface area (Å²) < 4.78 is 2.69. The fourth-order valence-electron chi connectivity index (χ4n) is 2.01. The van der Waals surface area contributed by atoms with Crippen molar-refractivity contribution >= 4 is 21.8 Å². The Morgan fingerprint density at radius 2 is 1.95 bits per heavy atom. The van der Waals surface area contributed by atoms with E-state index in [9.17, 15) is 4.79 Å². The third-order valence-corrected chi connectivity index (χ3v) is 3.55. The number of aryl methyl sites for hydroxylation is 1. The third kappa shape index (κ3) is 3.71. The van der Waals surface area contributed by atoms with Gasteiger partial charge in [-0.15, -0.1) is 0 Å². The van der Waals surface area contributed by atoms with E-state index in [0.717, 1.165) is 16.5 Å². The van der Waals surface area contributed by atoms with Crippen molar-refractivity contribution in [3.8, 4) is 0 Å². The van der Waals surface area contributed by atoms with Crippen LogP contribution in [0.1, 0.15) is 21.6 Å². The minimum Gasteiger partial charge on any atom is -0.347 e. The van der Waals surface area contributed by atoms with Crippen LogP contribution in [-0.4, -0.2) is 17.0 Å². The smallest absolute Gasteiger partial charge is 0.268 e. The van der Waals surface area contributed by atoms with Crippen molar-refractivity contribution in [2.75, 3.05) is 6.54 Å². The minimum atomic E-state index is -0.0794. The van der Waals surface area contributed by atoms with Crippen molar-refractivity contribution in [1.82, 2.24) is 9.88 Å². The first kappa shape index (κ1) is 14.8. The highest BCUT2D eigenvalue weighted by Gasteiger charge is 2.10. The monoisotopic (exact) mass is 335 g/mol. The summed E-state index contributed by atoms with van der Waals surface area (Å²) in [5.74, 6) is -0.0794. The molecular formula is C15H18BrN3O. The first-order valence-corrected chi connectivity index (χ1v) is 7.27. The van der Waals surface area contributed by atoms with Gasteiger partial charge in [0.15, 0.2) is 0 Å². The highest BCUT2D eigenvalue weighted by Crippen LogP contribution is 2.13. The predicted molar refractivity (Wildman–Crippen MR) is 83.5 cm³/mol. The number of nitrogens with two attached hydrogens (primary N) is 1. The Hall–Kier alpha value is -1.59. The third-order valence-electron chi connectivity index (χ3n) is 3.11. The van der Waals surface area contributed by atoms with Crippen molar-refractivity contribution in [2.45, 2.75) is 13.0 Å². The highest BCUT2D eigenvalue weighted by atomic mass is 79.9. The number of nitrogens with one attached hydrogen (secondary N) is 1. The van der Waals surface area contributed by atoms with Gasteiger partial charge in [-0.2, -0.15) is 0 Å². The van der Waals surface area contributed by atoms with Crippen LogP contribution < -0.4 is 11.1 Å². The Morgan fingerprint density at radius 3 is 2.50 bits per heavy atom. The molecule has 1 amide bonds. The molecule has 0 atom stereocenters. The lowest BCUT2D eigenvalue weighted by Crippen LogP contribution is -2.24. The van der Waals surface area contributed by atoms with Crippen LogP contribution in [0.15, 0.2) is 41.0 Å². The number of carbonyl (C=O) groups is 1. The molecule has 0 bridgehead atoms. The van der Waals surface area contributed by atoms with Gasteiger partial charge in [0.05, 0.1) is 0 Å². The molecule has 0 saturated heterocycles. The number of halogens is 1. The van der Waals surface area contributed by atoms with Crippen molar-refractivity contribution < 1.29 is 4.79 Å². The van der Waals surface area contributed by atoms with Gasteiger partial charge in [0.1, 0.15) is 5.69 Å². The Bertz CT molecular complexity index is 590. The van der Waals surface area contributed by atoms with Gasteiger partial charge in [-0.1, -0.05) is 24.3 Å². The molecule has 0 saturated carbocycles. The Kier molecular flexibility index (Phi) is 4.98. The maximum absolute atomic E-state index is 12.1. The van der Waals surface area contributed by atoms with E-state index in [1.165, 1.54) is 5.56 Å². The summed E-state index contributed by atoms with van der Waals surface area (Å²) in [5, 5.41) is 2.92. The van der Waals surface area contributed by atoms with Crippen LogP contribution >= 0.6 is 15.9 Å². The molecule has 2 aromatic rings. The lowest BCUT2D eigenvalue weighted by atomic mass is 10.1. The van der Waals surface area contributed by atoms with Crippen LogP contribution in [0.4, 0.5) is 0 Å². The van der Waals surface area contributed by atoms with E-state index in [4.69, 9.17) is 5.73 Å². The summed E-state index contributed by atoms with van der Waals surface area (Å²) in [5.41, 5.74) is 8.44. The molecule has 0 radical (unpaired) electrons. The first-order chi connectivity index (χ1) is 9.60. The topological polar surface area (TPSA) is 60.0 Å². The molecule has 0 unspecified atom stereocenters. The summed E-state index contributed by atoms with van der Waals surface area (Å²) in [6.45, 7) is 1.17. The fourth-order valence-corrected chi connectivity index (χ4v) is 2.54. The van der Waals surface area contributed by atoms with Crippen LogP contribution in [0.2, 0.25) is 0 Å². The zero-order valence-electron chi connectivity index (χ0n) is 11.4. The van der Waals surface area contributed by atoms with Gasteiger partial charge in [-0.05, 0) is 46.1 Å². The molecule has 2 rings (SSSR count). The maximum atomic E-state index is 12.1. The molecule has 0 fully saturated rings. The van der Waals surface area contributed by atoms with Gasteiger partial charge >= 0.3 is 0 Å². The average molecular weight is 336 g/mol. The molecule has 0 spiro atoms. The van der Waals surface area contributed by atoms with E-state index >= 15 is 0 Å². The molecule has 1 aromatic heterocycles. The summed E-state index contributed by atoms with van der Waals surface area (Å²) in [7, 11) is 1.85. The molecule has 1 aromatic carbocycles. The molecule has 4 nitrogen and oxygen atoms in total. The van der Waals surface area contributed by atoms with Gasteiger partial charge < -0.3 is 15.6 Å². The summed E-state index contributed by atoms with van der Waals surface area (Å²) in [4.78, 5) is 12.1. The number of rotatable bonds is 5. The standard InChI is InChI=1S/C15H18BrN3O/c1-19-10-13(16)8-14(19)15(20)18-9-12-4-2-11(3-5-12)6-7-17/h2-5,8,10H,6-7,9,17H2,1H3,(H,18,20). The van der Waals surface area contributed by atoms with E-state index in [-0.39, 0.29) is 5.91 Å². The maximum Gasteiger partial charge on any atom is 0.268 e. The Balaban J connectivity index is 1.94. The second-order valence-electron chi connectivity index (χ2n) is 4.69. The van der Waals surface area contributed by atoms with Crippen molar-refractivity contribution in [3.05, 3.63) is 57.8 Å². The molecule has 5 heteroatoms. The molecule has 3 N–H and O–H groups in total. The van der Waals surface area contributed by atoms with E-state index in [1.807, 2.05) is 37.5 Å².